The molecule has 1 saturated carbocycles. The van der Waals surface area contributed by atoms with E-state index in [9.17, 15) is 4.79 Å². The lowest BCUT2D eigenvalue weighted by molar-refractivity contribution is 0.0932. The third-order valence-electron chi connectivity index (χ3n) is 3.60. The largest absolute Gasteiger partial charge is 0.349 e. The van der Waals surface area contributed by atoms with Gasteiger partial charge in [-0.15, -0.1) is 0 Å². The zero-order valence-corrected chi connectivity index (χ0v) is 12.0. The van der Waals surface area contributed by atoms with Crippen LogP contribution >= 0.6 is 0 Å². The fourth-order valence-corrected chi connectivity index (χ4v) is 2.24. The minimum absolute atomic E-state index is 0.00565. The second-order valence-electron chi connectivity index (χ2n) is 5.34. The van der Waals surface area contributed by atoms with Crippen LogP contribution in [0, 0.1) is 17.8 Å². The highest BCUT2D eigenvalue weighted by molar-refractivity contribution is 5.94. The van der Waals surface area contributed by atoms with Crippen LogP contribution in [0.4, 0.5) is 0 Å². The summed E-state index contributed by atoms with van der Waals surface area (Å²) in [5.41, 5.74) is 6.86. The van der Waals surface area contributed by atoms with Crippen molar-refractivity contribution in [1.82, 2.24) is 5.32 Å². The summed E-state index contributed by atoms with van der Waals surface area (Å²) in [5, 5.41) is 3.13. The average Bonchev–Trinajstić information content (AvgIpc) is 3.28. The summed E-state index contributed by atoms with van der Waals surface area (Å²) in [6.45, 7) is 2.45. The maximum absolute atomic E-state index is 12.3. The van der Waals surface area contributed by atoms with Gasteiger partial charge < -0.3 is 11.1 Å². The molecule has 3 N–H and O–H groups in total. The molecule has 0 saturated heterocycles. The Bertz CT molecular complexity index is 523. The fraction of sp³-hybridized carbons (Fsp3) is 0.471. The minimum Gasteiger partial charge on any atom is -0.349 e. The van der Waals surface area contributed by atoms with Gasteiger partial charge in [0.2, 0.25) is 0 Å². The standard InChI is InChI=1S/C17H22N2O/c1-2-16(12-14-8-9-14)19-17(20)15-7-3-5-13(11-15)6-4-10-18/h3,5,7,11,14,16H,2,8-10,12,18H2,1H3,(H,19,20). The van der Waals surface area contributed by atoms with Crippen LogP contribution in [0.1, 0.15) is 48.5 Å². The summed E-state index contributed by atoms with van der Waals surface area (Å²) < 4.78 is 0. The molecule has 0 bridgehead atoms. The van der Waals surface area contributed by atoms with Gasteiger partial charge in [-0.25, -0.2) is 0 Å². The first-order valence-corrected chi connectivity index (χ1v) is 7.32. The lowest BCUT2D eigenvalue weighted by Crippen LogP contribution is -2.34. The van der Waals surface area contributed by atoms with Gasteiger partial charge in [-0.1, -0.05) is 37.7 Å². The monoisotopic (exact) mass is 270 g/mol. The number of hydrogen-bond acceptors (Lipinski definition) is 2. The average molecular weight is 270 g/mol. The summed E-state index contributed by atoms with van der Waals surface area (Å²) in [5.74, 6) is 6.57. The summed E-state index contributed by atoms with van der Waals surface area (Å²) in [6.07, 6.45) is 4.72. The number of benzene rings is 1. The quantitative estimate of drug-likeness (QED) is 0.807. The molecule has 1 fully saturated rings. The van der Waals surface area contributed by atoms with E-state index in [0.717, 1.165) is 24.3 Å². The Morgan fingerprint density at radius 3 is 2.95 bits per heavy atom. The second kappa shape index (κ2) is 7.12. The molecule has 2 rings (SSSR count). The number of nitrogens with one attached hydrogen (secondary N) is 1. The highest BCUT2D eigenvalue weighted by atomic mass is 16.1. The Labute approximate surface area is 120 Å². The van der Waals surface area contributed by atoms with E-state index in [0.29, 0.717) is 12.1 Å². The van der Waals surface area contributed by atoms with Gasteiger partial charge in [0.05, 0.1) is 6.54 Å². The fourth-order valence-electron chi connectivity index (χ4n) is 2.24. The Morgan fingerprint density at radius 1 is 1.50 bits per heavy atom. The molecule has 1 atom stereocenters. The van der Waals surface area contributed by atoms with Crippen molar-refractivity contribution < 1.29 is 4.79 Å². The van der Waals surface area contributed by atoms with E-state index in [4.69, 9.17) is 5.73 Å². The van der Waals surface area contributed by atoms with E-state index in [1.807, 2.05) is 24.3 Å². The number of carbonyl (C=O) groups is 1. The molecule has 1 aliphatic carbocycles. The molecule has 0 aromatic heterocycles. The van der Waals surface area contributed by atoms with Crippen molar-refractivity contribution in [3.63, 3.8) is 0 Å². The van der Waals surface area contributed by atoms with Crippen LogP contribution in [-0.4, -0.2) is 18.5 Å². The number of rotatable bonds is 5. The molecule has 1 aromatic carbocycles. The van der Waals surface area contributed by atoms with E-state index < -0.39 is 0 Å². The predicted octanol–water partition coefficient (Wildman–Crippen LogP) is 2.31. The number of amides is 1. The molecule has 106 valence electrons. The first kappa shape index (κ1) is 14.6. The van der Waals surface area contributed by atoms with Crippen molar-refractivity contribution in [2.75, 3.05) is 6.54 Å². The van der Waals surface area contributed by atoms with Crippen LogP contribution in [0.15, 0.2) is 24.3 Å². The predicted molar refractivity (Wildman–Crippen MR) is 81.3 cm³/mol. The smallest absolute Gasteiger partial charge is 0.251 e. The third kappa shape index (κ3) is 4.40. The van der Waals surface area contributed by atoms with E-state index in [2.05, 4.69) is 24.1 Å². The maximum Gasteiger partial charge on any atom is 0.251 e. The van der Waals surface area contributed by atoms with Crippen molar-refractivity contribution >= 4 is 5.91 Å². The van der Waals surface area contributed by atoms with E-state index >= 15 is 0 Å². The summed E-state index contributed by atoms with van der Waals surface area (Å²) in [4.78, 5) is 12.3. The highest BCUT2D eigenvalue weighted by Crippen LogP contribution is 2.34. The molecular formula is C17H22N2O. The molecule has 0 spiro atoms. The molecule has 0 heterocycles. The van der Waals surface area contributed by atoms with Crippen molar-refractivity contribution in [2.45, 2.75) is 38.6 Å². The molecule has 0 aliphatic heterocycles. The Hall–Kier alpha value is -1.79. The van der Waals surface area contributed by atoms with Crippen LogP contribution in [0.3, 0.4) is 0 Å². The van der Waals surface area contributed by atoms with E-state index in [1.165, 1.54) is 12.8 Å². The van der Waals surface area contributed by atoms with Crippen molar-refractivity contribution in [3.05, 3.63) is 35.4 Å². The summed E-state index contributed by atoms with van der Waals surface area (Å²) in [7, 11) is 0. The molecule has 3 nitrogen and oxygen atoms in total. The number of hydrogen-bond donors (Lipinski definition) is 2. The first-order chi connectivity index (χ1) is 9.72. The number of nitrogens with two attached hydrogens (primary N) is 1. The SMILES string of the molecule is CCC(CC1CC1)NC(=O)c1cccc(C#CCN)c1. The number of carbonyl (C=O) groups excluding carboxylic acids is 1. The van der Waals surface area contributed by atoms with E-state index in [-0.39, 0.29) is 11.9 Å². The molecule has 3 heteroatoms. The zero-order chi connectivity index (χ0) is 14.4. The van der Waals surface area contributed by atoms with Crippen LogP contribution in [0.25, 0.3) is 0 Å². The van der Waals surface area contributed by atoms with Crippen molar-refractivity contribution in [3.8, 4) is 11.8 Å². The van der Waals surface area contributed by atoms with Gasteiger partial charge in [-0.2, -0.15) is 0 Å². The van der Waals surface area contributed by atoms with Gasteiger partial charge in [-0.05, 0) is 37.0 Å². The molecule has 1 unspecified atom stereocenters. The Morgan fingerprint density at radius 2 is 2.30 bits per heavy atom. The molecule has 0 radical (unpaired) electrons. The Kier molecular flexibility index (Phi) is 5.20. The third-order valence-corrected chi connectivity index (χ3v) is 3.60. The van der Waals surface area contributed by atoms with Gasteiger partial charge in [0.1, 0.15) is 0 Å². The zero-order valence-electron chi connectivity index (χ0n) is 12.0. The van der Waals surface area contributed by atoms with Crippen molar-refractivity contribution in [2.24, 2.45) is 11.7 Å². The topological polar surface area (TPSA) is 55.1 Å². The van der Waals surface area contributed by atoms with E-state index in [1.54, 1.807) is 0 Å². The van der Waals surface area contributed by atoms with Crippen LogP contribution in [-0.2, 0) is 0 Å². The first-order valence-electron chi connectivity index (χ1n) is 7.32. The van der Waals surface area contributed by atoms with Crippen molar-refractivity contribution in [1.29, 1.82) is 0 Å². The minimum atomic E-state index is -0.00565. The molecule has 1 aliphatic rings. The highest BCUT2D eigenvalue weighted by Gasteiger charge is 2.25. The van der Waals surface area contributed by atoms with Gasteiger partial charge >= 0.3 is 0 Å². The lowest BCUT2D eigenvalue weighted by Gasteiger charge is -2.16. The lowest BCUT2D eigenvalue weighted by atomic mass is 10.1. The van der Waals surface area contributed by atoms with Crippen LogP contribution < -0.4 is 11.1 Å². The van der Waals surface area contributed by atoms with Gasteiger partial charge in [-0.3, -0.25) is 4.79 Å². The summed E-state index contributed by atoms with van der Waals surface area (Å²) >= 11 is 0. The van der Waals surface area contributed by atoms with Gasteiger partial charge in [0.15, 0.2) is 0 Å². The van der Waals surface area contributed by atoms with Gasteiger partial charge in [0, 0.05) is 17.2 Å². The molecule has 1 aromatic rings. The second-order valence-corrected chi connectivity index (χ2v) is 5.34. The summed E-state index contributed by atoms with van der Waals surface area (Å²) in [6, 6.07) is 7.68. The Balaban J connectivity index is 2.00. The normalized spacial score (nSPS) is 15.1. The maximum atomic E-state index is 12.3. The van der Waals surface area contributed by atoms with Crippen LogP contribution in [0.2, 0.25) is 0 Å². The molecule has 1 amide bonds. The van der Waals surface area contributed by atoms with Gasteiger partial charge in [0.25, 0.3) is 5.91 Å². The molecular weight excluding hydrogens is 248 g/mol. The van der Waals surface area contributed by atoms with Crippen LogP contribution in [0.5, 0.6) is 0 Å². The molecule has 20 heavy (non-hydrogen) atoms.